The van der Waals surface area contributed by atoms with Crippen molar-refractivity contribution in [3.63, 3.8) is 0 Å². The second kappa shape index (κ2) is 7.22. The molecule has 0 saturated heterocycles. The number of methoxy groups -OCH3 is 1. The van der Waals surface area contributed by atoms with E-state index in [-0.39, 0.29) is 0 Å². The van der Waals surface area contributed by atoms with Gasteiger partial charge in [-0.1, -0.05) is 18.2 Å². The zero-order valence-electron chi connectivity index (χ0n) is 15.4. The maximum Gasteiger partial charge on any atom is 0.416 e. The smallest absolute Gasteiger partial charge is 0.416 e. The van der Waals surface area contributed by atoms with E-state index in [1.54, 1.807) is 17.9 Å². The Balaban J connectivity index is 1.61. The van der Waals surface area contributed by atoms with Gasteiger partial charge in [0.2, 0.25) is 0 Å². The molecule has 0 amide bonds. The van der Waals surface area contributed by atoms with Crippen LogP contribution in [0, 0.1) is 0 Å². The third kappa shape index (κ3) is 3.56. The van der Waals surface area contributed by atoms with Gasteiger partial charge in [-0.15, -0.1) is 0 Å². The van der Waals surface area contributed by atoms with E-state index in [1.807, 2.05) is 24.3 Å². The lowest BCUT2D eigenvalue weighted by molar-refractivity contribution is -0.137. The number of hydrogen-bond acceptors (Lipinski definition) is 3. The van der Waals surface area contributed by atoms with Crippen molar-refractivity contribution in [3.05, 3.63) is 70.9 Å². The quantitative estimate of drug-likeness (QED) is 0.693. The van der Waals surface area contributed by atoms with Crippen LogP contribution < -0.4 is 10.1 Å². The first-order chi connectivity index (χ1) is 13.5. The summed E-state index contributed by atoms with van der Waals surface area (Å²) in [6, 6.07) is 13.1. The molecule has 1 aliphatic rings. The Hall–Kier alpha value is -2.96. The molecule has 0 spiro atoms. The van der Waals surface area contributed by atoms with Crippen LogP contribution in [0.15, 0.2) is 48.5 Å². The summed E-state index contributed by atoms with van der Waals surface area (Å²) in [5, 5.41) is 7.90. The van der Waals surface area contributed by atoms with Gasteiger partial charge >= 0.3 is 6.18 Å². The summed E-state index contributed by atoms with van der Waals surface area (Å²) >= 11 is 0. The zero-order valence-corrected chi connectivity index (χ0v) is 15.4. The number of aromatic nitrogens is 2. The first-order valence-corrected chi connectivity index (χ1v) is 9.11. The number of rotatable bonds is 5. The average Bonchev–Trinajstić information content (AvgIpc) is 3.29. The van der Waals surface area contributed by atoms with Gasteiger partial charge in [-0.2, -0.15) is 18.3 Å². The van der Waals surface area contributed by atoms with Gasteiger partial charge in [0.25, 0.3) is 0 Å². The molecule has 2 aromatic carbocycles. The number of alkyl halides is 3. The summed E-state index contributed by atoms with van der Waals surface area (Å²) in [5.41, 5.74) is 2.91. The largest absolute Gasteiger partial charge is 0.497 e. The fourth-order valence-corrected chi connectivity index (χ4v) is 3.50. The Morgan fingerprint density at radius 3 is 2.61 bits per heavy atom. The van der Waals surface area contributed by atoms with Crippen molar-refractivity contribution in [3.8, 4) is 11.4 Å². The molecule has 4 rings (SSSR count). The first-order valence-electron chi connectivity index (χ1n) is 9.11. The molecule has 1 aliphatic heterocycles. The van der Waals surface area contributed by atoms with Crippen LogP contribution in [0.5, 0.6) is 5.75 Å². The monoisotopic (exact) mass is 387 g/mol. The van der Waals surface area contributed by atoms with Crippen LogP contribution in [-0.2, 0) is 25.4 Å². The Morgan fingerprint density at radius 1 is 1.11 bits per heavy atom. The Labute approximate surface area is 160 Å². The highest BCUT2D eigenvalue weighted by atomic mass is 19.4. The van der Waals surface area contributed by atoms with Crippen LogP contribution >= 0.6 is 0 Å². The van der Waals surface area contributed by atoms with Crippen molar-refractivity contribution in [2.75, 3.05) is 19.0 Å². The molecule has 0 bridgehead atoms. The number of anilines is 1. The van der Waals surface area contributed by atoms with Crippen molar-refractivity contribution < 1.29 is 17.9 Å². The van der Waals surface area contributed by atoms with Crippen molar-refractivity contribution in [1.82, 2.24) is 9.78 Å². The van der Waals surface area contributed by atoms with Crippen LogP contribution in [0.2, 0.25) is 0 Å². The lowest BCUT2D eigenvalue weighted by Crippen LogP contribution is -2.08. The topological polar surface area (TPSA) is 39.1 Å². The van der Waals surface area contributed by atoms with Gasteiger partial charge in [-0.25, -0.2) is 4.68 Å². The summed E-state index contributed by atoms with van der Waals surface area (Å²) in [4.78, 5) is 0. The molecule has 28 heavy (non-hydrogen) atoms. The normalized spacial score (nSPS) is 13.3. The molecule has 0 saturated carbocycles. The predicted molar refractivity (Wildman–Crippen MR) is 101 cm³/mol. The minimum atomic E-state index is -4.38. The number of aryl methyl sites for hydroxylation is 2. The van der Waals surface area contributed by atoms with E-state index in [2.05, 4.69) is 10.4 Å². The van der Waals surface area contributed by atoms with E-state index in [1.165, 1.54) is 6.07 Å². The molecule has 1 aromatic heterocycles. The number of nitrogens with one attached hydrogen (secondary N) is 1. The van der Waals surface area contributed by atoms with Gasteiger partial charge in [0.05, 0.1) is 24.1 Å². The summed E-state index contributed by atoms with van der Waals surface area (Å²) < 4.78 is 46.0. The van der Waals surface area contributed by atoms with Crippen molar-refractivity contribution in [2.45, 2.75) is 25.4 Å². The fourth-order valence-electron chi connectivity index (χ4n) is 3.50. The van der Waals surface area contributed by atoms with Crippen LogP contribution in [0.25, 0.3) is 5.69 Å². The van der Waals surface area contributed by atoms with E-state index in [0.29, 0.717) is 5.69 Å². The number of nitrogens with zero attached hydrogens (tertiary/aromatic N) is 2. The van der Waals surface area contributed by atoms with Gasteiger partial charge in [0, 0.05) is 12.1 Å². The molecule has 1 N–H and O–H groups in total. The summed E-state index contributed by atoms with van der Waals surface area (Å²) in [7, 11) is 1.63. The van der Waals surface area contributed by atoms with Crippen LogP contribution in [0.1, 0.15) is 22.4 Å². The number of fused-ring (bicyclic) bond motifs is 1. The van der Waals surface area contributed by atoms with Gasteiger partial charge in [-0.3, -0.25) is 0 Å². The molecule has 0 fully saturated rings. The summed E-state index contributed by atoms with van der Waals surface area (Å²) in [6.07, 6.45) is -2.03. The van der Waals surface area contributed by atoms with Crippen molar-refractivity contribution in [1.29, 1.82) is 0 Å². The van der Waals surface area contributed by atoms with E-state index in [4.69, 9.17) is 4.74 Å². The summed E-state index contributed by atoms with van der Waals surface area (Å²) in [6.45, 7) is 0.766. The van der Waals surface area contributed by atoms with E-state index in [0.717, 1.165) is 66.3 Å². The highest BCUT2D eigenvalue weighted by Crippen LogP contribution is 2.33. The minimum Gasteiger partial charge on any atom is -0.497 e. The Morgan fingerprint density at radius 2 is 1.89 bits per heavy atom. The molecule has 7 heteroatoms. The molecule has 0 unspecified atom stereocenters. The van der Waals surface area contributed by atoms with Gasteiger partial charge in [0.15, 0.2) is 0 Å². The highest BCUT2D eigenvalue weighted by molar-refractivity contribution is 5.57. The number of benzene rings is 2. The molecule has 0 aliphatic carbocycles. The predicted octanol–water partition coefficient (Wildman–Crippen LogP) is 4.65. The third-order valence-corrected chi connectivity index (χ3v) is 4.96. The number of hydrogen-bond donors (Lipinski definition) is 1. The SMILES string of the molecule is COc1ccc(CCc2nn(-c3cccc(C(F)(F)F)c3)c3c2CCN3)cc1. The fraction of sp³-hybridized carbons (Fsp3) is 0.286. The van der Waals surface area contributed by atoms with Crippen LogP contribution in [0.3, 0.4) is 0 Å². The maximum atomic E-state index is 13.1. The minimum absolute atomic E-state index is 0.413. The molecular weight excluding hydrogens is 367 g/mol. The summed E-state index contributed by atoms with van der Waals surface area (Å²) in [5.74, 6) is 1.60. The second-order valence-electron chi connectivity index (χ2n) is 6.76. The number of ether oxygens (including phenoxy) is 1. The molecule has 3 aromatic rings. The zero-order chi connectivity index (χ0) is 19.7. The molecule has 146 valence electrons. The Bertz CT molecular complexity index is 978. The standard InChI is InChI=1S/C21H20F3N3O/c1-28-17-8-5-14(6-9-17)7-10-19-18-11-12-25-20(18)27(26-19)16-4-2-3-15(13-16)21(22,23)24/h2-6,8-9,13,25H,7,10-12H2,1H3. The van der Waals surface area contributed by atoms with Crippen molar-refractivity contribution >= 4 is 5.82 Å². The molecule has 2 heterocycles. The second-order valence-corrected chi connectivity index (χ2v) is 6.76. The molecule has 0 radical (unpaired) electrons. The van der Waals surface area contributed by atoms with Gasteiger partial charge < -0.3 is 10.1 Å². The lowest BCUT2D eigenvalue weighted by atomic mass is 10.1. The number of halogens is 3. The van der Waals surface area contributed by atoms with E-state index < -0.39 is 11.7 Å². The average molecular weight is 387 g/mol. The van der Waals surface area contributed by atoms with Gasteiger partial charge in [-0.05, 0) is 55.2 Å². The van der Waals surface area contributed by atoms with Crippen LogP contribution in [-0.4, -0.2) is 23.4 Å². The lowest BCUT2D eigenvalue weighted by Gasteiger charge is -2.10. The highest BCUT2D eigenvalue weighted by Gasteiger charge is 2.31. The third-order valence-electron chi connectivity index (χ3n) is 4.96. The maximum absolute atomic E-state index is 13.1. The van der Waals surface area contributed by atoms with Crippen molar-refractivity contribution in [2.24, 2.45) is 0 Å². The molecule has 0 atom stereocenters. The Kier molecular flexibility index (Phi) is 4.75. The molecular formula is C21H20F3N3O. The van der Waals surface area contributed by atoms with Gasteiger partial charge in [0.1, 0.15) is 11.6 Å². The van der Waals surface area contributed by atoms with E-state index in [9.17, 15) is 13.2 Å². The van der Waals surface area contributed by atoms with E-state index >= 15 is 0 Å². The molecule has 4 nitrogen and oxygen atoms in total. The van der Waals surface area contributed by atoms with Crippen LogP contribution in [0.4, 0.5) is 19.0 Å². The first kappa shape index (κ1) is 18.4.